The Bertz CT molecular complexity index is 1070. The van der Waals surface area contributed by atoms with E-state index in [1.54, 1.807) is 0 Å². The topological polar surface area (TPSA) is 86.5 Å². The van der Waals surface area contributed by atoms with Crippen molar-refractivity contribution in [1.82, 2.24) is 0 Å². The molecule has 0 bridgehead atoms. The Balaban J connectivity index is 1.74. The monoisotopic (exact) mass is 411 g/mol. The number of rotatable bonds is 8. The Morgan fingerprint density at radius 2 is 1.41 bits per heavy atom. The molecule has 0 N–H and O–H groups in total. The van der Waals surface area contributed by atoms with Crippen LogP contribution in [0.25, 0.3) is 11.1 Å². The van der Waals surface area contributed by atoms with Crippen molar-refractivity contribution >= 4 is 27.0 Å². The average molecular weight is 411 g/mol. The quantitative estimate of drug-likeness (QED) is 0.338. The highest BCUT2D eigenvalue weighted by molar-refractivity contribution is 7.87. The lowest BCUT2D eigenvalue weighted by atomic mass is 9.95. The summed E-state index contributed by atoms with van der Waals surface area (Å²) in [6.07, 6.45) is 4.12. The van der Waals surface area contributed by atoms with E-state index in [-0.39, 0.29) is 16.3 Å². The van der Waals surface area contributed by atoms with E-state index >= 15 is 0 Å². The largest absolute Gasteiger partial charge is 0.378 e. The fourth-order valence-corrected chi connectivity index (χ4v) is 4.29. The molecule has 0 aliphatic heterocycles. The molecule has 7 heteroatoms. The summed E-state index contributed by atoms with van der Waals surface area (Å²) in [4.78, 5) is 10.1. The van der Waals surface area contributed by atoms with Crippen LogP contribution >= 0.6 is 0 Å². The zero-order valence-corrected chi connectivity index (χ0v) is 16.7. The van der Waals surface area contributed by atoms with Crippen LogP contribution in [-0.2, 0) is 10.1 Å². The number of hydrogen-bond acceptors (Lipinski definition) is 5. The number of non-ortho nitro benzene ring substituents is 1. The molecule has 2 aliphatic rings. The minimum Gasteiger partial charge on any atom is -0.378 e. The molecule has 0 unspecified atom stereocenters. The van der Waals surface area contributed by atoms with Crippen LogP contribution in [0.5, 0.6) is 5.75 Å². The molecule has 0 radical (unpaired) electrons. The predicted molar refractivity (Wildman–Crippen MR) is 111 cm³/mol. The van der Waals surface area contributed by atoms with Gasteiger partial charge in [-0.25, -0.2) is 0 Å². The van der Waals surface area contributed by atoms with Crippen molar-refractivity contribution in [3.05, 3.63) is 76.9 Å². The molecule has 29 heavy (non-hydrogen) atoms. The van der Waals surface area contributed by atoms with Crippen LogP contribution in [0.15, 0.2) is 60.5 Å². The first-order chi connectivity index (χ1) is 13.8. The third-order valence-corrected chi connectivity index (χ3v) is 6.61. The van der Waals surface area contributed by atoms with Crippen molar-refractivity contribution in [2.24, 2.45) is 11.8 Å². The summed E-state index contributed by atoms with van der Waals surface area (Å²) in [7, 11) is -4.18. The van der Waals surface area contributed by atoms with Crippen LogP contribution in [0.4, 0.5) is 5.69 Å². The molecule has 2 saturated carbocycles. The van der Waals surface area contributed by atoms with Gasteiger partial charge in [0.1, 0.15) is 4.90 Å². The third kappa shape index (κ3) is 3.96. The van der Waals surface area contributed by atoms with Crippen LogP contribution in [0.2, 0.25) is 0 Å². The number of nitro groups is 1. The standard InChI is InChI=1S/C22H21NO5S/c1-14(16-6-7-16)20-4-3-5-21(15(2)17-8-9-17)22(20)28-29(26,27)19-12-10-18(11-13-19)23(24)25/h3-5,10-13,16-17H,1-2,6-9H2. The molecule has 4 rings (SSSR count). The molecular weight excluding hydrogens is 390 g/mol. The first kappa shape index (κ1) is 19.4. The lowest BCUT2D eigenvalue weighted by molar-refractivity contribution is -0.384. The molecule has 6 nitrogen and oxygen atoms in total. The molecule has 150 valence electrons. The van der Waals surface area contributed by atoms with Gasteiger partial charge < -0.3 is 4.18 Å². The van der Waals surface area contributed by atoms with Gasteiger partial charge in [-0.3, -0.25) is 10.1 Å². The first-order valence-corrected chi connectivity index (χ1v) is 10.9. The van der Waals surface area contributed by atoms with E-state index in [9.17, 15) is 18.5 Å². The number of allylic oxidation sites excluding steroid dienone is 2. The Kier molecular flexibility index (Phi) is 4.78. The van der Waals surface area contributed by atoms with Crippen molar-refractivity contribution in [1.29, 1.82) is 0 Å². The van der Waals surface area contributed by atoms with Gasteiger partial charge in [-0.1, -0.05) is 31.4 Å². The van der Waals surface area contributed by atoms with Crippen LogP contribution in [-0.4, -0.2) is 13.3 Å². The minimum absolute atomic E-state index is 0.141. The second-order valence-corrected chi connectivity index (χ2v) is 9.12. The van der Waals surface area contributed by atoms with Gasteiger partial charge in [0.15, 0.2) is 5.75 Å². The molecule has 2 aromatic rings. The second kappa shape index (κ2) is 7.15. The highest BCUT2D eigenvalue weighted by atomic mass is 32.2. The molecule has 2 aliphatic carbocycles. The summed E-state index contributed by atoms with van der Waals surface area (Å²) in [5.41, 5.74) is 2.90. The van der Waals surface area contributed by atoms with Crippen molar-refractivity contribution in [2.75, 3.05) is 0 Å². The van der Waals surface area contributed by atoms with Crippen molar-refractivity contribution in [3.8, 4) is 5.75 Å². The van der Waals surface area contributed by atoms with E-state index in [1.807, 2.05) is 18.2 Å². The number of para-hydroxylation sites is 1. The van der Waals surface area contributed by atoms with Gasteiger partial charge in [-0.05, 0) is 60.8 Å². The molecule has 0 amide bonds. The number of benzene rings is 2. The van der Waals surface area contributed by atoms with Crippen molar-refractivity contribution < 1.29 is 17.5 Å². The zero-order valence-electron chi connectivity index (χ0n) is 15.8. The molecule has 0 atom stereocenters. The van der Waals surface area contributed by atoms with E-state index < -0.39 is 15.0 Å². The summed E-state index contributed by atoms with van der Waals surface area (Å²) < 4.78 is 31.5. The summed E-state index contributed by atoms with van der Waals surface area (Å²) >= 11 is 0. The van der Waals surface area contributed by atoms with Gasteiger partial charge in [0, 0.05) is 23.3 Å². The SMILES string of the molecule is C=C(c1cccc(C(=C)C2CC2)c1OS(=O)(=O)c1ccc([N+](=O)[O-])cc1)C1CC1. The highest BCUT2D eigenvalue weighted by Crippen LogP contribution is 2.49. The van der Waals surface area contributed by atoms with Gasteiger partial charge in [0.25, 0.3) is 5.69 Å². The van der Waals surface area contributed by atoms with E-state index in [2.05, 4.69) is 13.2 Å². The van der Waals surface area contributed by atoms with Gasteiger partial charge in [-0.15, -0.1) is 0 Å². The Morgan fingerprint density at radius 3 is 1.83 bits per heavy atom. The number of nitro benzene ring substituents is 1. The normalized spacial score (nSPS) is 16.3. The van der Waals surface area contributed by atoms with Crippen molar-refractivity contribution in [2.45, 2.75) is 30.6 Å². The lowest BCUT2D eigenvalue weighted by Crippen LogP contribution is -2.12. The fraction of sp³-hybridized carbons (Fsp3) is 0.273. The molecule has 0 saturated heterocycles. The molecule has 0 spiro atoms. The summed E-state index contributed by atoms with van der Waals surface area (Å²) in [6.45, 7) is 8.33. The van der Waals surface area contributed by atoms with E-state index in [4.69, 9.17) is 4.18 Å². The van der Waals surface area contributed by atoms with E-state index in [0.717, 1.165) is 49.0 Å². The second-order valence-electron chi connectivity index (χ2n) is 7.57. The zero-order chi connectivity index (χ0) is 20.8. The third-order valence-electron chi connectivity index (χ3n) is 5.38. The highest BCUT2D eigenvalue weighted by Gasteiger charge is 2.33. The van der Waals surface area contributed by atoms with Gasteiger partial charge >= 0.3 is 10.1 Å². The first-order valence-electron chi connectivity index (χ1n) is 9.48. The lowest BCUT2D eigenvalue weighted by Gasteiger charge is -2.18. The van der Waals surface area contributed by atoms with Crippen LogP contribution in [0, 0.1) is 22.0 Å². The maximum Gasteiger partial charge on any atom is 0.339 e. The molecule has 2 fully saturated rings. The van der Waals surface area contributed by atoms with Crippen LogP contribution < -0.4 is 4.18 Å². The molecule has 0 heterocycles. The van der Waals surface area contributed by atoms with Crippen LogP contribution in [0.1, 0.15) is 36.8 Å². The molecular formula is C22H21NO5S. The fourth-order valence-electron chi connectivity index (χ4n) is 3.33. The number of nitrogens with zero attached hydrogens (tertiary/aromatic N) is 1. The maximum atomic E-state index is 13.0. The average Bonchev–Trinajstić information content (AvgIpc) is 3.59. The summed E-state index contributed by atoms with van der Waals surface area (Å²) in [5.74, 6) is 0.924. The van der Waals surface area contributed by atoms with Gasteiger partial charge in [-0.2, -0.15) is 8.42 Å². The predicted octanol–water partition coefficient (Wildman–Crippen LogP) is 5.21. The smallest absolute Gasteiger partial charge is 0.339 e. The number of hydrogen-bond donors (Lipinski definition) is 0. The van der Waals surface area contributed by atoms with Gasteiger partial charge in [0.2, 0.25) is 0 Å². The van der Waals surface area contributed by atoms with Gasteiger partial charge in [0.05, 0.1) is 4.92 Å². The Morgan fingerprint density at radius 1 is 0.931 bits per heavy atom. The van der Waals surface area contributed by atoms with E-state index in [1.165, 1.54) is 12.1 Å². The Hall–Kier alpha value is -2.93. The minimum atomic E-state index is -4.18. The maximum absolute atomic E-state index is 13.0. The van der Waals surface area contributed by atoms with Crippen molar-refractivity contribution in [3.63, 3.8) is 0 Å². The Labute approximate surface area is 169 Å². The summed E-state index contributed by atoms with van der Waals surface area (Å²) in [5, 5.41) is 10.8. The van der Waals surface area contributed by atoms with E-state index in [0.29, 0.717) is 23.0 Å². The molecule has 2 aromatic carbocycles. The van der Waals surface area contributed by atoms with Crippen LogP contribution in [0.3, 0.4) is 0 Å². The summed E-state index contributed by atoms with van der Waals surface area (Å²) in [6, 6.07) is 10.2. The molecule has 0 aromatic heterocycles.